The minimum Gasteiger partial charge on any atom is -0.394 e. The molecule has 32 heavy (non-hydrogen) atoms. The van der Waals surface area contributed by atoms with Gasteiger partial charge in [0.15, 0.2) is 18.8 Å². The predicted molar refractivity (Wildman–Crippen MR) is 109 cm³/mol. The van der Waals surface area contributed by atoms with Gasteiger partial charge in [-0.1, -0.05) is 0 Å². The SMILES string of the molecule is C=NC1O[C@@H](OC2[C@@H](O)[C@@H](O[C@@H]3O[C@@H](CO)C(O)C(N)[C@H]3O)[C@H](N)C[C@@H]2N)[C@@H](N)C[C@@H]1O. The summed E-state index contributed by atoms with van der Waals surface area (Å²) in [5.74, 6) is 0. The molecule has 2 saturated heterocycles. The summed E-state index contributed by atoms with van der Waals surface area (Å²) >= 11 is 0. The summed E-state index contributed by atoms with van der Waals surface area (Å²) in [6.45, 7) is 2.81. The quantitative estimate of drug-likeness (QED) is 0.166. The van der Waals surface area contributed by atoms with Crippen LogP contribution >= 0.6 is 0 Å². The number of ether oxygens (including phenoxy) is 4. The maximum absolute atomic E-state index is 11.0. The minimum absolute atomic E-state index is 0.136. The monoisotopic (exact) mass is 465 g/mol. The van der Waals surface area contributed by atoms with Crippen LogP contribution in [0.25, 0.3) is 0 Å². The Labute approximate surface area is 185 Å². The first-order valence-electron chi connectivity index (χ1n) is 10.5. The average molecular weight is 466 g/mol. The Balaban J connectivity index is 1.71. The van der Waals surface area contributed by atoms with Gasteiger partial charge in [-0.3, -0.25) is 4.99 Å². The van der Waals surface area contributed by atoms with E-state index in [0.717, 1.165) is 0 Å². The van der Waals surface area contributed by atoms with Gasteiger partial charge < -0.3 is 67.4 Å². The molecular formula is C18H35N5O9. The van der Waals surface area contributed by atoms with E-state index in [9.17, 15) is 25.5 Å². The number of aliphatic imine (C=N–C) groups is 1. The zero-order chi connectivity index (χ0) is 23.7. The Morgan fingerprint density at radius 3 is 1.97 bits per heavy atom. The normalized spacial score (nSPS) is 52.5. The topological polar surface area (TPSA) is 255 Å². The summed E-state index contributed by atoms with van der Waals surface area (Å²) in [7, 11) is 0. The van der Waals surface area contributed by atoms with Crippen LogP contribution in [0.2, 0.25) is 0 Å². The lowest BCUT2D eigenvalue weighted by atomic mass is 9.84. The van der Waals surface area contributed by atoms with E-state index in [1.807, 2.05) is 0 Å². The van der Waals surface area contributed by atoms with Crippen LogP contribution in [-0.4, -0.2) is 125 Å². The van der Waals surface area contributed by atoms with E-state index in [2.05, 4.69) is 11.7 Å². The van der Waals surface area contributed by atoms with Gasteiger partial charge in [0.2, 0.25) is 0 Å². The van der Waals surface area contributed by atoms with Crippen molar-refractivity contribution in [1.82, 2.24) is 0 Å². The maximum atomic E-state index is 11.0. The van der Waals surface area contributed by atoms with Gasteiger partial charge >= 0.3 is 0 Å². The van der Waals surface area contributed by atoms with Gasteiger partial charge in [0, 0.05) is 12.1 Å². The Kier molecular flexibility index (Phi) is 8.54. The molecule has 14 nitrogen and oxygen atoms in total. The Hall–Kier alpha value is -0.850. The molecule has 0 spiro atoms. The van der Waals surface area contributed by atoms with Crippen molar-refractivity contribution in [2.24, 2.45) is 27.9 Å². The molecule has 13 N–H and O–H groups in total. The third-order valence-corrected chi connectivity index (χ3v) is 6.23. The molecule has 1 aliphatic carbocycles. The van der Waals surface area contributed by atoms with Crippen LogP contribution in [0.15, 0.2) is 4.99 Å². The molecule has 14 atom stereocenters. The number of nitrogens with zero attached hydrogens (tertiary/aromatic N) is 1. The van der Waals surface area contributed by atoms with Crippen molar-refractivity contribution in [2.45, 2.75) is 98.5 Å². The van der Waals surface area contributed by atoms with Crippen molar-refractivity contribution in [3.63, 3.8) is 0 Å². The second kappa shape index (κ2) is 10.6. The molecule has 1 saturated carbocycles. The van der Waals surface area contributed by atoms with E-state index in [0.29, 0.717) is 0 Å². The zero-order valence-corrected chi connectivity index (χ0v) is 17.5. The highest BCUT2D eigenvalue weighted by atomic mass is 16.7. The second-order valence-corrected chi connectivity index (χ2v) is 8.58. The highest BCUT2D eigenvalue weighted by Gasteiger charge is 2.50. The molecule has 0 bridgehead atoms. The molecule has 0 aromatic rings. The molecule has 14 heteroatoms. The molecule has 0 aromatic heterocycles. The Morgan fingerprint density at radius 2 is 1.41 bits per heavy atom. The van der Waals surface area contributed by atoms with E-state index in [1.54, 1.807) is 0 Å². The first-order valence-corrected chi connectivity index (χ1v) is 10.5. The summed E-state index contributed by atoms with van der Waals surface area (Å²) in [4.78, 5) is 3.69. The fourth-order valence-corrected chi connectivity index (χ4v) is 4.31. The number of aliphatic hydroxyl groups excluding tert-OH is 5. The minimum atomic E-state index is -1.45. The fraction of sp³-hybridized carbons (Fsp3) is 0.944. The summed E-state index contributed by atoms with van der Waals surface area (Å²) in [6.07, 6.45) is -11.3. The molecule has 0 radical (unpaired) electrons. The molecule has 2 heterocycles. The molecule has 3 rings (SSSR count). The van der Waals surface area contributed by atoms with Crippen LogP contribution in [0.5, 0.6) is 0 Å². The molecule has 3 aliphatic rings. The zero-order valence-electron chi connectivity index (χ0n) is 17.5. The fourth-order valence-electron chi connectivity index (χ4n) is 4.31. The third-order valence-electron chi connectivity index (χ3n) is 6.23. The Bertz CT molecular complexity index is 634. The standard InChI is InChI=1S/C18H35N5O9/c1-23-16-8(25)3-7(21)17(32-16)30-14-5(19)2-6(20)15(13(14)28)31-18-12(27)10(22)11(26)9(4-24)29-18/h5-18,24-28H,1-4,19-22H2/t5-,6+,7-,8-,9-,10?,11?,12+,13+,14?,15-,16?,17+,18-/m0/s1. The van der Waals surface area contributed by atoms with Crippen LogP contribution in [0.4, 0.5) is 0 Å². The first-order chi connectivity index (χ1) is 15.1. The lowest BCUT2D eigenvalue weighted by molar-refractivity contribution is -0.315. The number of hydrogen-bond donors (Lipinski definition) is 9. The second-order valence-electron chi connectivity index (χ2n) is 8.58. The van der Waals surface area contributed by atoms with Crippen LogP contribution in [0, 0.1) is 0 Å². The highest BCUT2D eigenvalue weighted by Crippen LogP contribution is 2.30. The molecule has 3 fully saturated rings. The summed E-state index contributed by atoms with van der Waals surface area (Å²) in [5, 5.41) is 50.6. The molecule has 0 amide bonds. The predicted octanol–water partition coefficient (Wildman–Crippen LogP) is -5.60. The van der Waals surface area contributed by atoms with Gasteiger partial charge in [0.25, 0.3) is 0 Å². The lowest BCUT2D eigenvalue weighted by Crippen LogP contribution is -2.68. The van der Waals surface area contributed by atoms with Gasteiger partial charge in [0.1, 0.15) is 42.7 Å². The first kappa shape index (κ1) is 25.8. The van der Waals surface area contributed by atoms with Gasteiger partial charge in [-0.15, -0.1) is 0 Å². The molecule has 0 aromatic carbocycles. The number of aliphatic hydroxyl groups is 5. The smallest absolute Gasteiger partial charge is 0.186 e. The van der Waals surface area contributed by atoms with Gasteiger partial charge in [0.05, 0.1) is 18.7 Å². The van der Waals surface area contributed by atoms with Gasteiger partial charge in [-0.2, -0.15) is 0 Å². The van der Waals surface area contributed by atoms with Crippen LogP contribution in [0.3, 0.4) is 0 Å². The Morgan fingerprint density at radius 1 is 0.812 bits per heavy atom. The number of rotatable bonds is 6. The van der Waals surface area contributed by atoms with Crippen molar-refractivity contribution >= 4 is 6.72 Å². The van der Waals surface area contributed by atoms with E-state index in [-0.39, 0.29) is 12.8 Å². The highest BCUT2D eigenvalue weighted by molar-refractivity contribution is 5.24. The molecule has 4 unspecified atom stereocenters. The average Bonchev–Trinajstić information content (AvgIpc) is 2.75. The van der Waals surface area contributed by atoms with Crippen LogP contribution in [0.1, 0.15) is 12.8 Å². The van der Waals surface area contributed by atoms with Gasteiger partial charge in [-0.05, 0) is 19.6 Å². The van der Waals surface area contributed by atoms with E-state index in [4.69, 9.17) is 41.9 Å². The third kappa shape index (κ3) is 5.12. The van der Waals surface area contributed by atoms with E-state index in [1.165, 1.54) is 0 Å². The van der Waals surface area contributed by atoms with E-state index < -0.39 is 92.3 Å². The van der Waals surface area contributed by atoms with Gasteiger partial charge in [-0.25, -0.2) is 0 Å². The molecular weight excluding hydrogens is 430 g/mol. The van der Waals surface area contributed by atoms with Crippen molar-refractivity contribution in [3.8, 4) is 0 Å². The van der Waals surface area contributed by atoms with Crippen molar-refractivity contribution in [1.29, 1.82) is 0 Å². The van der Waals surface area contributed by atoms with Crippen molar-refractivity contribution in [3.05, 3.63) is 0 Å². The number of hydrogen-bond acceptors (Lipinski definition) is 14. The van der Waals surface area contributed by atoms with Crippen LogP contribution < -0.4 is 22.9 Å². The maximum Gasteiger partial charge on any atom is 0.186 e. The summed E-state index contributed by atoms with van der Waals surface area (Å²) < 4.78 is 22.6. The van der Waals surface area contributed by atoms with Crippen molar-refractivity contribution in [2.75, 3.05) is 6.61 Å². The van der Waals surface area contributed by atoms with Crippen LogP contribution in [-0.2, 0) is 18.9 Å². The summed E-state index contributed by atoms with van der Waals surface area (Å²) in [6, 6.07) is -3.33. The lowest BCUT2D eigenvalue weighted by Gasteiger charge is -2.47. The largest absolute Gasteiger partial charge is 0.394 e. The summed E-state index contributed by atoms with van der Waals surface area (Å²) in [5.41, 5.74) is 24.1. The molecule has 2 aliphatic heterocycles. The number of nitrogens with two attached hydrogens (primary N) is 4. The van der Waals surface area contributed by atoms with E-state index >= 15 is 0 Å². The molecule has 186 valence electrons. The van der Waals surface area contributed by atoms with Crippen molar-refractivity contribution < 1.29 is 44.5 Å².